The van der Waals surface area contributed by atoms with Gasteiger partial charge in [0.05, 0.1) is 19.8 Å². The largest absolute Gasteiger partial charge is 0.490 e. The van der Waals surface area contributed by atoms with E-state index in [0.717, 1.165) is 30.1 Å². The maximum absolute atomic E-state index is 5.78. The van der Waals surface area contributed by atoms with Crippen molar-refractivity contribution in [3.05, 3.63) is 48.3 Å². The molecule has 1 aliphatic heterocycles. The second-order valence-electron chi connectivity index (χ2n) is 4.22. The average molecular weight is 244 g/mol. The molecular weight excluding hydrogens is 228 g/mol. The Hall–Kier alpha value is -2.10. The number of rotatable bonds is 3. The Balaban J connectivity index is 1.79. The van der Waals surface area contributed by atoms with E-state index in [4.69, 9.17) is 9.47 Å². The predicted octanol–water partition coefficient (Wildman–Crippen LogP) is 2.39. The van der Waals surface area contributed by atoms with Crippen LogP contribution in [-0.4, -0.2) is 17.9 Å². The zero-order valence-corrected chi connectivity index (χ0v) is 10.1. The monoisotopic (exact) mass is 244 g/mol. The van der Waals surface area contributed by atoms with Gasteiger partial charge in [-0.15, -0.1) is 0 Å². The SMILES string of the molecule is c1cc(CNn2cccc2)c2c(c1)OCCCO2. The van der Waals surface area contributed by atoms with E-state index in [2.05, 4.69) is 11.5 Å². The highest BCUT2D eigenvalue weighted by Gasteiger charge is 2.13. The van der Waals surface area contributed by atoms with E-state index < -0.39 is 0 Å². The summed E-state index contributed by atoms with van der Waals surface area (Å²) in [6.07, 6.45) is 4.87. The lowest BCUT2D eigenvalue weighted by atomic mass is 10.2. The molecule has 2 aromatic rings. The van der Waals surface area contributed by atoms with Gasteiger partial charge in [-0.3, -0.25) is 4.68 Å². The molecule has 0 fully saturated rings. The zero-order chi connectivity index (χ0) is 12.2. The van der Waals surface area contributed by atoms with Crippen LogP contribution >= 0.6 is 0 Å². The van der Waals surface area contributed by atoms with Crippen LogP contribution < -0.4 is 14.9 Å². The first-order valence-corrected chi connectivity index (χ1v) is 6.18. The molecule has 0 spiro atoms. The van der Waals surface area contributed by atoms with E-state index in [1.165, 1.54) is 0 Å². The lowest BCUT2D eigenvalue weighted by molar-refractivity contribution is 0.296. The number of para-hydroxylation sites is 1. The third-order valence-corrected chi connectivity index (χ3v) is 2.91. The third-order valence-electron chi connectivity index (χ3n) is 2.91. The summed E-state index contributed by atoms with van der Waals surface area (Å²) in [6, 6.07) is 9.99. The molecule has 4 heteroatoms. The van der Waals surface area contributed by atoms with Gasteiger partial charge in [0.15, 0.2) is 11.5 Å². The minimum Gasteiger partial charge on any atom is -0.490 e. The van der Waals surface area contributed by atoms with Crippen LogP contribution in [-0.2, 0) is 6.54 Å². The van der Waals surface area contributed by atoms with Crippen molar-refractivity contribution in [2.24, 2.45) is 0 Å². The Morgan fingerprint density at radius 2 is 1.89 bits per heavy atom. The smallest absolute Gasteiger partial charge is 0.166 e. The van der Waals surface area contributed by atoms with Gasteiger partial charge in [0, 0.05) is 24.4 Å². The normalized spacial score (nSPS) is 14.0. The molecule has 0 atom stereocenters. The fraction of sp³-hybridized carbons (Fsp3) is 0.286. The quantitative estimate of drug-likeness (QED) is 0.900. The summed E-state index contributed by atoms with van der Waals surface area (Å²) >= 11 is 0. The molecule has 1 aromatic carbocycles. The van der Waals surface area contributed by atoms with Crippen LogP contribution in [0.4, 0.5) is 0 Å². The average Bonchev–Trinajstić information content (AvgIpc) is 2.79. The Morgan fingerprint density at radius 1 is 1.06 bits per heavy atom. The van der Waals surface area contributed by atoms with Crippen molar-refractivity contribution in [3.8, 4) is 11.5 Å². The van der Waals surface area contributed by atoms with Crippen molar-refractivity contribution < 1.29 is 9.47 Å². The second kappa shape index (κ2) is 5.04. The van der Waals surface area contributed by atoms with Crippen LogP contribution in [0.25, 0.3) is 0 Å². The fourth-order valence-corrected chi connectivity index (χ4v) is 2.01. The lowest BCUT2D eigenvalue weighted by Crippen LogP contribution is -2.12. The van der Waals surface area contributed by atoms with Crippen LogP contribution in [0.5, 0.6) is 11.5 Å². The number of fused-ring (bicyclic) bond motifs is 1. The summed E-state index contributed by atoms with van der Waals surface area (Å²) in [5.74, 6) is 1.72. The molecule has 0 saturated heterocycles. The Labute approximate surface area is 106 Å². The minimum atomic E-state index is 0.710. The van der Waals surface area contributed by atoms with Gasteiger partial charge in [0.25, 0.3) is 0 Å². The van der Waals surface area contributed by atoms with E-state index in [1.54, 1.807) is 0 Å². The van der Waals surface area contributed by atoms with E-state index in [9.17, 15) is 0 Å². The van der Waals surface area contributed by atoms with Crippen molar-refractivity contribution in [1.29, 1.82) is 0 Å². The summed E-state index contributed by atoms with van der Waals surface area (Å²) in [4.78, 5) is 0. The molecule has 2 heterocycles. The van der Waals surface area contributed by atoms with Gasteiger partial charge >= 0.3 is 0 Å². The van der Waals surface area contributed by atoms with Crippen LogP contribution in [0.2, 0.25) is 0 Å². The van der Waals surface area contributed by atoms with E-state index in [0.29, 0.717) is 13.2 Å². The number of hydrogen-bond acceptors (Lipinski definition) is 3. The molecule has 0 amide bonds. The number of nitrogens with zero attached hydrogens (tertiary/aromatic N) is 1. The number of aromatic nitrogens is 1. The van der Waals surface area contributed by atoms with Gasteiger partial charge in [-0.1, -0.05) is 12.1 Å². The molecule has 3 rings (SSSR count). The topological polar surface area (TPSA) is 35.4 Å². The molecule has 18 heavy (non-hydrogen) atoms. The number of benzene rings is 1. The van der Waals surface area contributed by atoms with Crippen molar-refractivity contribution >= 4 is 0 Å². The van der Waals surface area contributed by atoms with Gasteiger partial charge in [-0.05, 0) is 18.2 Å². The maximum Gasteiger partial charge on any atom is 0.166 e. The van der Waals surface area contributed by atoms with Crippen molar-refractivity contribution in [2.45, 2.75) is 13.0 Å². The Bertz CT molecular complexity index is 509. The minimum absolute atomic E-state index is 0.710. The van der Waals surface area contributed by atoms with Crippen molar-refractivity contribution in [2.75, 3.05) is 18.6 Å². The Kier molecular flexibility index (Phi) is 3.08. The number of ether oxygens (including phenoxy) is 2. The molecule has 1 aromatic heterocycles. The van der Waals surface area contributed by atoms with Gasteiger partial charge in [0.1, 0.15) is 0 Å². The first-order chi connectivity index (χ1) is 8.93. The van der Waals surface area contributed by atoms with Crippen LogP contribution in [0.15, 0.2) is 42.7 Å². The highest BCUT2D eigenvalue weighted by atomic mass is 16.5. The molecule has 4 nitrogen and oxygen atoms in total. The standard InChI is InChI=1S/C14H16N2O2/c1-2-8-16(7-1)15-11-12-5-3-6-13-14(12)18-10-4-9-17-13/h1-3,5-8,15H,4,9-11H2. The summed E-state index contributed by atoms with van der Waals surface area (Å²) in [6.45, 7) is 2.15. The van der Waals surface area contributed by atoms with E-state index in [-0.39, 0.29) is 0 Å². The third kappa shape index (κ3) is 2.27. The van der Waals surface area contributed by atoms with Crippen molar-refractivity contribution in [3.63, 3.8) is 0 Å². The van der Waals surface area contributed by atoms with Crippen LogP contribution in [0.1, 0.15) is 12.0 Å². The molecule has 0 saturated carbocycles. The molecule has 0 unspecified atom stereocenters. The summed E-state index contributed by atoms with van der Waals surface area (Å²) in [5.41, 5.74) is 4.41. The fourth-order valence-electron chi connectivity index (χ4n) is 2.01. The molecule has 1 aliphatic rings. The van der Waals surface area contributed by atoms with Gasteiger partial charge in [0.2, 0.25) is 0 Å². The molecule has 94 valence electrons. The first kappa shape index (κ1) is 11.0. The molecule has 0 bridgehead atoms. The van der Waals surface area contributed by atoms with Gasteiger partial charge in [-0.25, -0.2) is 0 Å². The second-order valence-corrected chi connectivity index (χ2v) is 4.22. The van der Waals surface area contributed by atoms with Crippen molar-refractivity contribution in [1.82, 2.24) is 4.68 Å². The summed E-state index contributed by atoms with van der Waals surface area (Å²) in [5, 5.41) is 0. The van der Waals surface area contributed by atoms with Gasteiger partial charge in [-0.2, -0.15) is 0 Å². The first-order valence-electron chi connectivity index (χ1n) is 6.18. The highest BCUT2D eigenvalue weighted by Crippen LogP contribution is 2.33. The van der Waals surface area contributed by atoms with Crippen LogP contribution in [0.3, 0.4) is 0 Å². The predicted molar refractivity (Wildman–Crippen MR) is 69.5 cm³/mol. The number of nitrogens with one attached hydrogen (secondary N) is 1. The molecule has 0 aliphatic carbocycles. The van der Waals surface area contributed by atoms with Crippen LogP contribution in [0, 0.1) is 0 Å². The zero-order valence-electron chi connectivity index (χ0n) is 10.1. The molecule has 0 radical (unpaired) electrons. The van der Waals surface area contributed by atoms with E-state index in [1.807, 2.05) is 41.3 Å². The highest BCUT2D eigenvalue weighted by molar-refractivity contribution is 5.47. The molecule has 1 N–H and O–H groups in total. The lowest BCUT2D eigenvalue weighted by Gasteiger charge is -2.14. The number of hydrogen-bond donors (Lipinski definition) is 1. The molecular formula is C14H16N2O2. The summed E-state index contributed by atoms with van der Waals surface area (Å²) in [7, 11) is 0. The van der Waals surface area contributed by atoms with Gasteiger partial charge < -0.3 is 14.9 Å². The van der Waals surface area contributed by atoms with E-state index >= 15 is 0 Å². The Morgan fingerprint density at radius 3 is 2.78 bits per heavy atom. The summed E-state index contributed by atoms with van der Waals surface area (Å²) < 4.78 is 13.4. The maximum atomic E-state index is 5.78.